The van der Waals surface area contributed by atoms with Gasteiger partial charge in [0.05, 0.1) is 23.6 Å². The number of carbonyl (C=O) groups is 2. The van der Waals surface area contributed by atoms with Crippen LogP contribution in [0.2, 0.25) is 0 Å². The molecule has 4 rings (SSSR count). The summed E-state index contributed by atoms with van der Waals surface area (Å²) in [5, 5.41) is 22.3. The zero-order chi connectivity index (χ0) is 26.9. The fourth-order valence-electron chi connectivity index (χ4n) is 4.25. The number of carboxylic acids is 1. The van der Waals surface area contributed by atoms with Crippen LogP contribution in [0.3, 0.4) is 0 Å². The molecule has 0 spiro atoms. The van der Waals surface area contributed by atoms with E-state index in [-0.39, 0.29) is 12.3 Å². The lowest BCUT2D eigenvalue weighted by atomic mass is 9.90. The van der Waals surface area contributed by atoms with Crippen molar-refractivity contribution in [2.75, 3.05) is 0 Å². The van der Waals surface area contributed by atoms with E-state index >= 15 is 0 Å². The quantitative estimate of drug-likeness (QED) is 0.283. The molecule has 4 aromatic rings. The molecular formula is C33H28N2O3. The molecule has 0 saturated carbocycles. The van der Waals surface area contributed by atoms with Crippen molar-refractivity contribution in [1.29, 1.82) is 5.26 Å². The summed E-state index contributed by atoms with van der Waals surface area (Å²) < 4.78 is 0. The van der Waals surface area contributed by atoms with Crippen molar-refractivity contribution in [3.05, 3.63) is 137 Å². The number of hydrogen-bond donors (Lipinski definition) is 2. The second-order valence-corrected chi connectivity index (χ2v) is 9.17. The van der Waals surface area contributed by atoms with Crippen molar-refractivity contribution in [2.24, 2.45) is 5.92 Å². The van der Waals surface area contributed by atoms with Gasteiger partial charge in [0.1, 0.15) is 0 Å². The first-order valence-corrected chi connectivity index (χ1v) is 12.4. The number of nitriles is 1. The molecule has 0 fully saturated rings. The van der Waals surface area contributed by atoms with Crippen LogP contribution in [0, 0.1) is 24.2 Å². The van der Waals surface area contributed by atoms with E-state index in [2.05, 4.69) is 11.4 Å². The molecule has 0 unspecified atom stereocenters. The van der Waals surface area contributed by atoms with E-state index in [0.29, 0.717) is 16.7 Å². The number of nitrogens with one attached hydrogen (secondary N) is 1. The van der Waals surface area contributed by atoms with Gasteiger partial charge in [0, 0.05) is 5.56 Å². The Balaban J connectivity index is 1.59. The van der Waals surface area contributed by atoms with Crippen molar-refractivity contribution in [3.8, 4) is 17.2 Å². The molecule has 4 aromatic carbocycles. The summed E-state index contributed by atoms with van der Waals surface area (Å²) >= 11 is 0. The molecule has 0 heterocycles. The highest BCUT2D eigenvalue weighted by Gasteiger charge is 2.28. The summed E-state index contributed by atoms with van der Waals surface area (Å²) in [5.74, 6) is -2.34. The van der Waals surface area contributed by atoms with Gasteiger partial charge in [-0.2, -0.15) is 5.26 Å². The van der Waals surface area contributed by atoms with Gasteiger partial charge in [-0.15, -0.1) is 0 Å². The molecule has 2 N–H and O–H groups in total. The van der Waals surface area contributed by atoms with Gasteiger partial charge in [0.2, 0.25) is 0 Å². The Hall–Kier alpha value is -4.95. The molecule has 5 heteroatoms. The number of amides is 1. The minimum absolute atomic E-state index is 0.154. The molecule has 0 saturated heterocycles. The summed E-state index contributed by atoms with van der Waals surface area (Å²) in [6, 6.07) is 33.1. The van der Waals surface area contributed by atoms with Gasteiger partial charge < -0.3 is 10.4 Å². The Morgan fingerprint density at radius 2 is 1.55 bits per heavy atom. The van der Waals surface area contributed by atoms with Crippen molar-refractivity contribution in [2.45, 2.75) is 19.4 Å². The Morgan fingerprint density at radius 1 is 0.895 bits per heavy atom. The Bertz CT molecular complexity index is 1470. The highest BCUT2D eigenvalue weighted by Crippen LogP contribution is 2.21. The number of nitrogens with zero attached hydrogens (tertiary/aromatic N) is 1. The van der Waals surface area contributed by atoms with E-state index in [4.69, 9.17) is 0 Å². The molecule has 0 aliphatic carbocycles. The minimum atomic E-state index is -1.04. The number of carboxylic acid groups (broad SMARTS) is 1. The lowest BCUT2D eigenvalue weighted by Crippen LogP contribution is -2.43. The monoisotopic (exact) mass is 500 g/mol. The third-order valence-electron chi connectivity index (χ3n) is 6.39. The van der Waals surface area contributed by atoms with Crippen LogP contribution in [0.15, 0.2) is 109 Å². The van der Waals surface area contributed by atoms with Gasteiger partial charge in [-0.05, 0) is 59.9 Å². The molecule has 1 amide bonds. The number of carbonyl (C=O) groups excluding carboxylic acids is 1. The normalized spacial score (nSPS) is 12.4. The zero-order valence-electron chi connectivity index (χ0n) is 21.0. The maximum absolute atomic E-state index is 13.3. The first-order valence-electron chi connectivity index (χ1n) is 12.4. The first-order chi connectivity index (χ1) is 18.4. The second kappa shape index (κ2) is 12.3. The third kappa shape index (κ3) is 6.83. The smallest absolute Gasteiger partial charge is 0.309 e. The number of aliphatic carboxylic acids is 1. The van der Waals surface area contributed by atoms with Crippen LogP contribution in [0.1, 0.15) is 32.6 Å². The van der Waals surface area contributed by atoms with Crippen LogP contribution in [-0.4, -0.2) is 23.0 Å². The Labute approximate surface area is 222 Å². The van der Waals surface area contributed by atoms with Crippen molar-refractivity contribution >= 4 is 18.0 Å². The van der Waals surface area contributed by atoms with E-state index in [0.717, 1.165) is 16.7 Å². The van der Waals surface area contributed by atoms with Gasteiger partial charge in [0.15, 0.2) is 0 Å². The SMILES string of the molecule is Cc1ccc(-c2ccc(C(=O)N[C@H](/C=C/c3ccccc3)[C@@H](Cc3cccc(C#N)c3)C(=O)O)cc2)cc1. The largest absolute Gasteiger partial charge is 0.481 e. The maximum atomic E-state index is 13.3. The van der Waals surface area contributed by atoms with Gasteiger partial charge >= 0.3 is 5.97 Å². The summed E-state index contributed by atoms with van der Waals surface area (Å²) in [5.41, 5.74) is 5.72. The highest BCUT2D eigenvalue weighted by atomic mass is 16.4. The van der Waals surface area contributed by atoms with Gasteiger partial charge in [-0.1, -0.05) is 96.6 Å². The van der Waals surface area contributed by atoms with Crippen molar-refractivity contribution in [3.63, 3.8) is 0 Å². The van der Waals surface area contributed by atoms with E-state index in [9.17, 15) is 20.0 Å². The van der Waals surface area contributed by atoms with Gasteiger partial charge in [-0.25, -0.2) is 0 Å². The summed E-state index contributed by atoms with van der Waals surface area (Å²) in [4.78, 5) is 25.7. The van der Waals surface area contributed by atoms with Crippen LogP contribution in [0.5, 0.6) is 0 Å². The zero-order valence-corrected chi connectivity index (χ0v) is 21.0. The Kier molecular flexibility index (Phi) is 8.48. The molecule has 0 aliphatic heterocycles. The lowest BCUT2D eigenvalue weighted by molar-refractivity contribution is -0.142. The van der Waals surface area contributed by atoms with Crippen LogP contribution in [0.4, 0.5) is 0 Å². The van der Waals surface area contributed by atoms with E-state index in [1.807, 2.05) is 79.7 Å². The van der Waals surface area contributed by atoms with Crippen molar-refractivity contribution in [1.82, 2.24) is 5.32 Å². The number of aryl methyl sites for hydroxylation is 1. The highest BCUT2D eigenvalue weighted by molar-refractivity contribution is 5.95. The summed E-state index contributed by atoms with van der Waals surface area (Å²) in [7, 11) is 0. The number of hydrogen-bond acceptors (Lipinski definition) is 3. The standard InChI is InChI=1S/C33H28N2O3/c1-23-10-13-27(14-11-23)28-15-17-29(18-16-28)32(36)35-31(19-12-24-6-3-2-4-7-24)30(33(37)38)21-25-8-5-9-26(20-25)22-34/h2-20,30-31H,21H2,1H3,(H,35,36)(H,37,38)/b19-12+/t30-,31-/m1/s1. The molecule has 5 nitrogen and oxygen atoms in total. The molecule has 0 aromatic heterocycles. The van der Waals surface area contributed by atoms with Gasteiger partial charge in [-0.3, -0.25) is 9.59 Å². The average Bonchev–Trinajstić information content (AvgIpc) is 2.95. The van der Waals surface area contributed by atoms with Crippen molar-refractivity contribution < 1.29 is 14.7 Å². The summed E-state index contributed by atoms with van der Waals surface area (Å²) in [6.45, 7) is 2.03. The minimum Gasteiger partial charge on any atom is -0.481 e. The molecule has 0 bridgehead atoms. The van der Waals surface area contributed by atoms with Crippen LogP contribution in [0.25, 0.3) is 17.2 Å². The molecule has 0 aliphatic rings. The molecule has 38 heavy (non-hydrogen) atoms. The van der Waals surface area contributed by atoms with Crippen LogP contribution < -0.4 is 5.32 Å². The van der Waals surface area contributed by atoms with E-state index in [1.54, 1.807) is 42.5 Å². The fraction of sp³-hybridized carbons (Fsp3) is 0.121. The topological polar surface area (TPSA) is 90.2 Å². The first kappa shape index (κ1) is 26.1. The van der Waals surface area contributed by atoms with Gasteiger partial charge in [0.25, 0.3) is 5.91 Å². The van der Waals surface area contributed by atoms with E-state index < -0.39 is 17.9 Å². The second-order valence-electron chi connectivity index (χ2n) is 9.17. The lowest BCUT2D eigenvalue weighted by Gasteiger charge is -2.23. The predicted molar refractivity (Wildman–Crippen MR) is 149 cm³/mol. The fourth-order valence-corrected chi connectivity index (χ4v) is 4.25. The Morgan fingerprint density at radius 3 is 2.18 bits per heavy atom. The predicted octanol–water partition coefficient (Wildman–Crippen LogP) is 6.29. The summed E-state index contributed by atoms with van der Waals surface area (Å²) in [6.07, 6.45) is 3.69. The maximum Gasteiger partial charge on any atom is 0.309 e. The third-order valence-corrected chi connectivity index (χ3v) is 6.39. The molecule has 188 valence electrons. The van der Waals surface area contributed by atoms with E-state index in [1.165, 1.54) is 5.56 Å². The number of benzene rings is 4. The molecule has 2 atom stereocenters. The van der Waals surface area contributed by atoms with Crippen LogP contribution in [-0.2, 0) is 11.2 Å². The molecular weight excluding hydrogens is 472 g/mol. The molecule has 0 radical (unpaired) electrons. The van der Waals surface area contributed by atoms with Crippen LogP contribution >= 0.6 is 0 Å². The average molecular weight is 501 g/mol. The number of rotatable bonds is 9.